The molecule has 0 aromatic carbocycles. The zero-order chi connectivity index (χ0) is 62.3. The molecule has 0 saturated carbocycles. The van der Waals surface area contributed by atoms with Gasteiger partial charge in [-0.2, -0.15) is 0 Å². The molecule has 9 amide bonds. The number of allylic oxidation sites excluding steroid dienone is 7. The maximum atomic E-state index is 14.8. The third kappa shape index (κ3) is 26.3. The summed E-state index contributed by atoms with van der Waals surface area (Å²) in [5, 5.41) is 22.4. The number of hydrogen-bond donors (Lipinski definition) is 5. The molecule has 6 unspecified atom stereocenters. The van der Waals surface area contributed by atoms with Crippen molar-refractivity contribution in [1.29, 1.82) is 0 Å². The number of amides is 9. The van der Waals surface area contributed by atoms with E-state index in [1.165, 1.54) is 79.8 Å². The number of hydrogen-bond acceptors (Lipinski definition) is 11. The fraction of sp³-hybridized carbons (Fsp3) is 0.656. The van der Waals surface area contributed by atoms with Crippen molar-refractivity contribution in [2.45, 2.75) is 182 Å². The SMILES string of the molecule is C=C/C=C\C=C\CC(C(=O)N(C)C(CC(C)C)C(=O)N[C@@H](C)CC/C(C=C)=C/C(=C/C(=O)NC)OC)N(C)C(=O)CN(CCCC)C(=O)C(NC(=O)C(CC(C)C)N(C)C(=O)C(NC(=O)C(CC(C)C)N(C)C=O)[C@@H](C)CC)[C@@H](C)O. The molecule has 0 aromatic heterocycles. The van der Waals surface area contributed by atoms with Crippen LogP contribution in [0.5, 0.6) is 0 Å². The Balaban J connectivity index is 7.08. The lowest BCUT2D eigenvalue weighted by Crippen LogP contribution is -2.61. The molecule has 0 aromatic rings. The summed E-state index contributed by atoms with van der Waals surface area (Å²) in [5.41, 5.74) is 0.770. The first-order chi connectivity index (χ1) is 38.0. The van der Waals surface area contributed by atoms with Crippen molar-refractivity contribution < 1.29 is 53.0 Å². The fourth-order valence-electron chi connectivity index (χ4n) is 8.77. The largest absolute Gasteiger partial charge is 0.497 e. The Hall–Kier alpha value is -6.57. The lowest BCUT2D eigenvalue weighted by molar-refractivity contribution is -0.151. The van der Waals surface area contributed by atoms with Crippen molar-refractivity contribution in [3.8, 4) is 0 Å². The van der Waals surface area contributed by atoms with Crippen molar-refractivity contribution in [1.82, 2.24) is 45.8 Å². The van der Waals surface area contributed by atoms with Gasteiger partial charge in [-0.3, -0.25) is 43.2 Å². The summed E-state index contributed by atoms with van der Waals surface area (Å²) in [6.45, 7) is 27.3. The van der Waals surface area contributed by atoms with Crippen LogP contribution in [-0.2, 0) is 47.9 Å². The molecular weight excluding hydrogens is 1030 g/mol. The normalized spacial score (nSPS) is 15.3. The minimum atomic E-state index is -1.57. The second-order valence-corrected chi connectivity index (χ2v) is 22.4. The van der Waals surface area contributed by atoms with Gasteiger partial charge in [0.2, 0.25) is 53.7 Å². The summed E-state index contributed by atoms with van der Waals surface area (Å²) < 4.78 is 5.35. The Morgan fingerprint density at radius 1 is 0.654 bits per heavy atom. The molecule has 0 bridgehead atoms. The van der Waals surface area contributed by atoms with Crippen molar-refractivity contribution >= 4 is 53.7 Å². The van der Waals surface area contributed by atoms with E-state index in [-0.39, 0.29) is 55.0 Å². The lowest BCUT2D eigenvalue weighted by Gasteiger charge is -2.37. The number of carbonyl (C=O) groups is 9. The smallest absolute Gasteiger partial charge is 0.248 e. The second-order valence-electron chi connectivity index (χ2n) is 22.4. The summed E-state index contributed by atoms with van der Waals surface area (Å²) in [6.07, 6.45) is 15.5. The van der Waals surface area contributed by atoms with Crippen LogP contribution in [0.4, 0.5) is 0 Å². The summed E-state index contributed by atoms with van der Waals surface area (Å²) >= 11 is 0. The monoisotopic (exact) mass is 1140 g/mol. The number of rotatable bonds is 39. The molecule has 0 fully saturated rings. The molecule has 458 valence electrons. The topological polar surface area (TPSA) is 247 Å². The van der Waals surface area contributed by atoms with Gasteiger partial charge < -0.3 is 55.6 Å². The summed E-state index contributed by atoms with van der Waals surface area (Å²) in [4.78, 5) is 131. The van der Waals surface area contributed by atoms with Crippen LogP contribution < -0.4 is 21.3 Å². The summed E-state index contributed by atoms with van der Waals surface area (Å²) in [7, 11) is 8.90. The van der Waals surface area contributed by atoms with Gasteiger partial charge in [0.1, 0.15) is 42.0 Å². The van der Waals surface area contributed by atoms with Gasteiger partial charge in [-0.05, 0) is 94.1 Å². The molecule has 0 aliphatic rings. The highest BCUT2D eigenvalue weighted by Crippen LogP contribution is 2.21. The Morgan fingerprint density at radius 2 is 1.19 bits per heavy atom. The predicted octanol–water partition coefficient (Wildman–Crippen LogP) is 5.45. The molecule has 20 heteroatoms. The zero-order valence-corrected chi connectivity index (χ0v) is 52.1. The number of nitrogens with zero attached hydrogens (tertiary/aromatic N) is 5. The van der Waals surface area contributed by atoms with Crippen LogP contribution in [0.2, 0.25) is 0 Å². The third-order valence-corrected chi connectivity index (χ3v) is 14.1. The van der Waals surface area contributed by atoms with E-state index in [0.717, 1.165) is 5.57 Å². The van der Waals surface area contributed by atoms with Crippen LogP contribution in [0.3, 0.4) is 0 Å². The number of aliphatic hydroxyl groups is 1. The van der Waals surface area contributed by atoms with Crippen LogP contribution in [0, 0.1) is 23.7 Å². The zero-order valence-electron chi connectivity index (χ0n) is 52.1. The van der Waals surface area contributed by atoms with Gasteiger partial charge in [-0.15, -0.1) is 0 Å². The molecule has 5 N–H and O–H groups in total. The average molecular weight is 1140 g/mol. The summed E-state index contributed by atoms with van der Waals surface area (Å²) in [5.74, 6) is -4.62. The first-order valence-electron chi connectivity index (χ1n) is 28.6. The van der Waals surface area contributed by atoms with Gasteiger partial charge >= 0.3 is 0 Å². The van der Waals surface area contributed by atoms with E-state index in [9.17, 15) is 48.3 Å². The molecule has 0 spiro atoms. The minimum absolute atomic E-state index is 0.0238. The first kappa shape index (κ1) is 74.4. The number of methoxy groups -OCH3 is 1. The maximum absolute atomic E-state index is 14.8. The Morgan fingerprint density at radius 3 is 1.67 bits per heavy atom. The standard InChI is InChI=1S/C61H103N9O11/c1-20-24-26-27-28-29-48(59(78)68(17)50(34-41(7)8)57(76)63-44(12)30-31-46(23-4)36-47(81-19)37-52(73)62-14)67(16)53(74)38-70(32-25-21-2)61(80)55(45(13)72)65-58(77)51(35-42(9)10)69(18)60(79)54(43(11)22-3)64-56(75)49(33-40(5)6)66(15)39-71/h20,23-24,26-28,36-37,39-45,48-51,54-55,72H,1,4,21-22,25,29-35,38H2,2-3,5-19H3,(H,62,73)(H,63,76)(H,64,75)(H,65,77)/b26-24-,28-27+,46-36+,47-37-/t43-,44-,45+,48?,49?,50?,51?,54?,55?/m0/s1. The van der Waals surface area contributed by atoms with Crippen LogP contribution in [0.1, 0.15) is 134 Å². The molecule has 0 rings (SSSR count). The molecular formula is C61H103N9O11. The predicted molar refractivity (Wildman–Crippen MR) is 320 cm³/mol. The van der Waals surface area contributed by atoms with E-state index in [4.69, 9.17) is 4.74 Å². The number of carbonyl (C=O) groups excluding carboxylic acids is 9. The Bertz CT molecular complexity index is 2190. The maximum Gasteiger partial charge on any atom is 0.248 e. The van der Waals surface area contributed by atoms with Crippen molar-refractivity contribution in [2.75, 3.05) is 55.4 Å². The minimum Gasteiger partial charge on any atom is -0.497 e. The molecule has 0 aliphatic carbocycles. The highest BCUT2D eigenvalue weighted by Gasteiger charge is 2.40. The van der Waals surface area contributed by atoms with Gasteiger partial charge in [0.25, 0.3) is 0 Å². The molecule has 0 aliphatic heterocycles. The van der Waals surface area contributed by atoms with E-state index in [2.05, 4.69) is 34.4 Å². The van der Waals surface area contributed by atoms with Crippen LogP contribution in [0.15, 0.2) is 73.1 Å². The fourth-order valence-corrected chi connectivity index (χ4v) is 8.77. The van der Waals surface area contributed by atoms with Crippen molar-refractivity contribution in [2.24, 2.45) is 23.7 Å². The highest BCUT2D eigenvalue weighted by molar-refractivity contribution is 5.97. The van der Waals surface area contributed by atoms with Crippen LogP contribution in [0.25, 0.3) is 0 Å². The number of likely N-dealkylation sites (N-methyl/N-ethyl adjacent to an activating group) is 5. The van der Waals surface area contributed by atoms with Gasteiger partial charge in [-0.25, -0.2) is 0 Å². The highest BCUT2D eigenvalue weighted by atomic mass is 16.5. The van der Waals surface area contributed by atoms with Crippen molar-refractivity contribution in [3.05, 3.63) is 73.1 Å². The number of unbranched alkanes of at least 4 members (excludes halogenated alkanes) is 1. The molecule has 0 radical (unpaired) electrons. The Labute approximate surface area is 485 Å². The van der Waals surface area contributed by atoms with E-state index < -0.39 is 90.3 Å². The molecule has 81 heavy (non-hydrogen) atoms. The quantitative estimate of drug-likeness (QED) is 0.0224. The van der Waals surface area contributed by atoms with E-state index in [0.29, 0.717) is 57.1 Å². The molecule has 0 saturated heterocycles. The van der Waals surface area contributed by atoms with Gasteiger partial charge in [0, 0.05) is 53.9 Å². The molecule has 20 nitrogen and oxygen atoms in total. The van der Waals surface area contributed by atoms with E-state index >= 15 is 0 Å². The van der Waals surface area contributed by atoms with Crippen LogP contribution >= 0.6 is 0 Å². The van der Waals surface area contributed by atoms with Gasteiger partial charge in [-0.1, -0.05) is 125 Å². The van der Waals surface area contributed by atoms with Crippen LogP contribution in [-0.4, -0.2) is 187 Å². The second kappa shape index (κ2) is 39.0. The lowest BCUT2D eigenvalue weighted by atomic mass is 9.94. The number of ether oxygens (including phenoxy) is 1. The van der Waals surface area contributed by atoms with Crippen molar-refractivity contribution in [3.63, 3.8) is 0 Å². The van der Waals surface area contributed by atoms with E-state index in [1.807, 2.05) is 62.3 Å². The number of nitrogens with one attached hydrogen (secondary N) is 4. The first-order valence-corrected chi connectivity index (χ1v) is 28.6. The van der Waals surface area contributed by atoms with Gasteiger partial charge in [0.05, 0.1) is 19.8 Å². The summed E-state index contributed by atoms with van der Waals surface area (Å²) in [6, 6.07) is -7.10. The van der Waals surface area contributed by atoms with E-state index in [1.54, 1.807) is 49.5 Å². The molecule has 9 atom stereocenters. The van der Waals surface area contributed by atoms with Gasteiger partial charge in [0.15, 0.2) is 0 Å². The third-order valence-electron chi connectivity index (χ3n) is 14.1. The number of aliphatic hydroxyl groups excluding tert-OH is 1. The average Bonchev–Trinajstić information content (AvgIpc) is 3.43. The molecule has 0 heterocycles. The Kier molecular flexibility index (Phi) is 35.8.